The lowest BCUT2D eigenvalue weighted by Gasteiger charge is -2.36. The van der Waals surface area contributed by atoms with Gasteiger partial charge in [0.05, 0.1) is 12.2 Å². The first kappa shape index (κ1) is 19.2. The average molecular weight is 314 g/mol. The lowest BCUT2D eigenvalue weighted by molar-refractivity contribution is 0.0437. The third-order valence-corrected chi connectivity index (χ3v) is 4.33. The molecule has 130 valence electrons. The summed E-state index contributed by atoms with van der Waals surface area (Å²) in [5, 5.41) is 6.46. The van der Waals surface area contributed by atoms with Crippen LogP contribution in [0.25, 0.3) is 0 Å². The van der Waals surface area contributed by atoms with Gasteiger partial charge in [0, 0.05) is 18.6 Å². The number of nitrogens with one attached hydrogen (secondary N) is 2. The van der Waals surface area contributed by atoms with Crippen molar-refractivity contribution in [2.45, 2.75) is 84.7 Å². The van der Waals surface area contributed by atoms with E-state index in [1.54, 1.807) is 0 Å². The van der Waals surface area contributed by atoms with Gasteiger partial charge in [0.15, 0.2) is 0 Å². The molecule has 1 rings (SSSR count). The standard InChI is InChI=1S/C17H34N2O3/c1-12(2)17(7,11-18-15(20)22-16(4,5)6)19-10-14-9-8-13(3)21-14/h12-14,19H,8-11H2,1-7H3,(H,18,20). The van der Waals surface area contributed by atoms with Gasteiger partial charge in [-0.1, -0.05) is 13.8 Å². The summed E-state index contributed by atoms with van der Waals surface area (Å²) < 4.78 is 11.2. The van der Waals surface area contributed by atoms with Crippen LogP contribution in [0.3, 0.4) is 0 Å². The molecular weight excluding hydrogens is 280 g/mol. The molecule has 0 aromatic rings. The van der Waals surface area contributed by atoms with Crippen molar-refractivity contribution in [3.63, 3.8) is 0 Å². The minimum atomic E-state index is -0.473. The van der Waals surface area contributed by atoms with Crippen LogP contribution in [0, 0.1) is 5.92 Å². The minimum Gasteiger partial charge on any atom is -0.444 e. The zero-order valence-corrected chi connectivity index (χ0v) is 15.3. The summed E-state index contributed by atoms with van der Waals surface area (Å²) in [6.45, 7) is 15.5. The van der Waals surface area contributed by atoms with Crippen molar-refractivity contribution in [3.05, 3.63) is 0 Å². The van der Waals surface area contributed by atoms with E-state index in [-0.39, 0.29) is 17.7 Å². The highest BCUT2D eigenvalue weighted by Gasteiger charge is 2.31. The number of amides is 1. The molecule has 1 aliphatic rings. The molecule has 5 heteroatoms. The van der Waals surface area contributed by atoms with E-state index in [0.717, 1.165) is 19.4 Å². The molecule has 1 aliphatic heterocycles. The predicted octanol–water partition coefficient (Wildman–Crippen LogP) is 3.08. The fourth-order valence-corrected chi connectivity index (χ4v) is 2.42. The monoisotopic (exact) mass is 314 g/mol. The molecule has 1 heterocycles. The van der Waals surface area contributed by atoms with Crippen LogP contribution in [-0.4, -0.2) is 42.5 Å². The molecule has 1 amide bonds. The third-order valence-electron chi connectivity index (χ3n) is 4.33. The second-order valence-electron chi connectivity index (χ2n) is 7.95. The number of hydrogen-bond acceptors (Lipinski definition) is 4. The van der Waals surface area contributed by atoms with E-state index in [9.17, 15) is 4.79 Å². The van der Waals surface area contributed by atoms with E-state index in [0.29, 0.717) is 18.6 Å². The van der Waals surface area contributed by atoms with Crippen LogP contribution < -0.4 is 10.6 Å². The van der Waals surface area contributed by atoms with E-state index < -0.39 is 5.60 Å². The van der Waals surface area contributed by atoms with Gasteiger partial charge in [-0.25, -0.2) is 4.79 Å². The topological polar surface area (TPSA) is 59.6 Å². The molecule has 0 saturated carbocycles. The molecule has 0 aliphatic carbocycles. The fraction of sp³-hybridized carbons (Fsp3) is 0.941. The fourth-order valence-electron chi connectivity index (χ4n) is 2.42. The van der Waals surface area contributed by atoms with Crippen LogP contribution in [0.5, 0.6) is 0 Å². The Bertz CT molecular complexity index is 365. The molecule has 0 aromatic heterocycles. The summed E-state index contributed by atoms with van der Waals surface area (Å²) in [6.07, 6.45) is 2.49. The van der Waals surface area contributed by atoms with Gasteiger partial charge in [-0.05, 0) is 53.4 Å². The van der Waals surface area contributed by atoms with Gasteiger partial charge in [0.2, 0.25) is 0 Å². The highest BCUT2D eigenvalue weighted by atomic mass is 16.6. The van der Waals surface area contributed by atoms with Gasteiger partial charge in [0.1, 0.15) is 5.60 Å². The number of carbonyl (C=O) groups excluding carboxylic acids is 1. The first-order chi connectivity index (χ1) is 10.0. The van der Waals surface area contributed by atoms with Crippen LogP contribution in [-0.2, 0) is 9.47 Å². The Morgan fingerprint density at radius 2 is 1.91 bits per heavy atom. The third kappa shape index (κ3) is 6.53. The lowest BCUT2D eigenvalue weighted by atomic mass is 9.88. The van der Waals surface area contributed by atoms with Crippen LogP contribution in [0.1, 0.15) is 61.3 Å². The molecule has 5 nitrogen and oxygen atoms in total. The van der Waals surface area contributed by atoms with Crippen LogP contribution >= 0.6 is 0 Å². The molecule has 0 radical (unpaired) electrons. The van der Waals surface area contributed by atoms with Gasteiger partial charge in [-0.3, -0.25) is 0 Å². The molecule has 3 unspecified atom stereocenters. The zero-order chi connectivity index (χ0) is 17.0. The molecular formula is C17H34N2O3. The minimum absolute atomic E-state index is 0.188. The van der Waals surface area contributed by atoms with E-state index >= 15 is 0 Å². The lowest BCUT2D eigenvalue weighted by Crippen LogP contribution is -2.56. The highest BCUT2D eigenvalue weighted by Crippen LogP contribution is 2.21. The molecule has 22 heavy (non-hydrogen) atoms. The summed E-state index contributed by atoms with van der Waals surface area (Å²) in [5.74, 6) is 0.376. The van der Waals surface area contributed by atoms with E-state index in [1.807, 2.05) is 20.8 Å². The van der Waals surface area contributed by atoms with Crippen molar-refractivity contribution in [2.75, 3.05) is 13.1 Å². The number of carbonyl (C=O) groups is 1. The summed E-state index contributed by atoms with van der Waals surface area (Å²) in [7, 11) is 0. The van der Waals surface area contributed by atoms with Crippen LogP contribution in [0.2, 0.25) is 0 Å². The summed E-state index contributed by atoms with van der Waals surface area (Å²) in [4.78, 5) is 11.8. The molecule has 2 N–H and O–H groups in total. The van der Waals surface area contributed by atoms with Crippen molar-refractivity contribution in [2.24, 2.45) is 5.92 Å². The van der Waals surface area contributed by atoms with Gasteiger partial charge in [0.25, 0.3) is 0 Å². The second kappa shape index (κ2) is 7.64. The molecule has 0 spiro atoms. The predicted molar refractivity (Wildman–Crippen MR) is 89.1 cm³/mol. The Balaban J connectivity index is 2.46. The zero-order valence-electron chi connectivity index (χ0n) is 15.3. The average Bonchev–Trinajstić information content (AvgIpc) is 2.77. The van der Waals surface area contributed by atoms with E-state index in [4.69, 9.17) is 9.47 Å². The Morgan fingerprint density at radius 1 is 1.27 bits per heavy atom. The maximum absolute atomic E-state index is 11.8. The quantitative estimate of drug-likeness (QED) is 0.791. The van der Waals surface area contributed by atoms with Crippen molar-refractivity contribution < 1.29 is 14.3 Å². The van der Waals surface area contributed by atoms with E-state index in [1.165, 1.54) is 0 Å². The number of rotatable bonds is 6. The summed E-state index contributed by atoms with van der Waals surface area (Å²) >= 11 is 0. The van der Waals surface area contributed by atoms with Crippen LogP contribution in [0.15, 0.2) is 0 Å². The number of alkyl carbamates (subject to hydrolysis) is 1. The Kier molecular flexibility index (Phi) is 6.68. The molecule has 1 fully saturated rings. The Morgan fingerprint density at radius 3 is 2.36 bits per heavy atom. The molecule has 3 atom stereocenters. The first-order valence-electron chi connectivity index (χ1n) is 8.39. The smallest absolute Gasteiger partial charge is 0.407 e. The molecule has 0 aromatic carbocycles. The van der Waals surface area contributed by atoms with Gasteiger partial charge >= 0.3 is 6.09 Å². The molecule has 0 bridgehead atoms. The SMILES string of the molecule is CC1CCC(CNC(C)(CNC(=O)OC(C)(C)C)C(C)C)O1. The maximum atomic E-state index is 11.8. The number of ether oxygens (including phenoxy) is 2. The van der Waals surface area contributed by atoms with Crippen molar-refractivity contribution in [1.82, 2.24) is 10.6 Å². The van der Waals surface area contributed by atoms with E-state index in [2.05, 4.69) is 38.3 Å². The summed E-state index contributed by atoms with van der Waals surface area (Å²) in [6, 6.07) is 0. The molecule has 1 saturated heterocycles. The highest BCUT2D eigenvalue weighted by molar-refractivity contribution is 5.67. The van der Waals surface area contributed by atoms with Gasteiger partial charge in [-0.15, -0.1) is 0 Å². The normalized spacial score (nSPS) is 25.1. The van der Waals surface area contributed by atoms with Crippen LogP contribution in [0.4, 0.5) is 4.79 Å². The Hall–Kier alpha value is -0.810. The summed E-state index contributed by atoms with van der Waals surface area (Å²) in [5.41, 5.74) is -0.661. The maximum Gasteiger partial charge on any atom is 0.407 e. The Labute approximate surface area is 135 Å². The first-order valence-corrected chi connectivity index (χ1v) is 8.39. The van der Waals surface area contributed by atoms with Crippen molar-refractivity contribution in [3.8, 4) is 0 Å². The van der Waals surface area contributed by atoms with Gasteiger partial charge in [-0.2, -0.15) is 0 Å². The second-order valence-corrected chi connectivity index (χ2v) is 7.95. The van der Waals surface area contributed by atoms with Gasteiger partial charge < -0.3 is 20.1 Å². The van der Waals surface area contributed by atoms with Crippen molar-refractivity contribution >= 4 is 6.09 Å². The largest absolute Gasteiger partial charge is 0.444 e. The number of hydrogen-bond donors (Lipinski definition) is 2. The van der Waals surface area contributed by atoms with Crippen molar-refractivity contribution in [1.29, 1.82) is 0 Å².